The highest BCUT2D eigenvalue weighted by Crippen LogP contribution is 2.39. The second-order valence-corrected chi connectivity index (χ2v) is 13.6. The summed E-state index contributed by atoms with van der Waals surface area (Å²) in [7, 11) is -0.420. The lowest BCUT2D eigenvalue weighted by atomic mass is 9.99. The largest absolute Gasteiger partial charge is 0.497 e. The first-order chi connectivity index (χ1) is 12.4. The molecule has 27 heavy (non-hydrogen) atoms. The van der Waals surface area contributed by atoms with Gasteiger partial charge in [0, 0.05) is 0 Å². The monoisotopic (exact) mass is 400 g/mol. The van der Waals surface area contributed by atoms with E-state index in [1.165, 1.54) is 6.92 Å². The van der Waals surface area contributed by atoms with Gasteiger partial charge in [0.2, 0.25) is 0 Å². The number of aliphatic hydroxyl groups is 1. The van der Waals surface area contributed by atoms with Crippen LogP contribution in [-0.2, 0) is 20.5 Å². The van der Waals surface area contributed by atoms with E-state index < -0.39 is 32.5 Å². The van der Waals surface area contributed by atoms with Crippen LogP contribution in [0, 0.1) is 0 Å². The summed E-state index contributed by atoms with van der Waals surface area (Å²) in [5.74, 6) is 0.745. The van der Waals surface area contributed by atoms with Gasteiger partial charge < -0.3 is 23.7 Å². The first-order valence-electron chi connectivity index (χ1n) is 9.29. The molecule has 1 heterocycles. The first-order valence-corrected chi connectivity index (χ1v) is 12.2. The van der Waals surface area contributed by atoms with Crippen molar-refractivity contribution in [2.24, 2.45) is 0 Å². The number of hydrogen-bond acceptors (Lipinski definition) is 5. The fourth-order valence-electron chi connectivity index (χ4n) is 2.69. The van der Waals surface area contributed by atoms with E-state index >= 15 is 4.39 Å². The number of methoxy groups -OCH3 is 1. The van der Waals surface area contributed by atoms with Gasteiger partial charge in [0.25, 0.3) is 0 Å². The summed E-state index contributed by atoms with van der Waals surface area (Å²) < 4.78 is 37.6. The van der Waals surface area contributed by atoms with Crippen LogP contribution in [0.4, 0.5) is 4.39 Å². The number of alkyl halides is 1. The van der Waals surface area contributed by atoms with Crippen molar-refractivity contribution < 1.29 is 28.1 Å². The molecule has 154 valence electrons. The molecule has 0 bridgehead atoms. The molecule has 1 N–H and O–H groups in total. The molecule has 0 unspecified atom stereocenters. The van der Waals surface area contributed by atoms with Crippen LogP contribution in [-0.4, -0.2) is 51.3 Å². The Kier molecular flexibility index (Phi) is 6.75. The predicted octanol–water partition coefficient (Wildman–Crippen LogP) is 4.05. The zero-order valence-corrected chi connectivity index (χ0v) is 18.4. The maximum absolute atomic E-state index is 15.0. The van der Waals surface area contributed by atoms with Gasteiger partial charge in [-0.2, -0.15) is 0 Å². The predicted molar refractivity (Wildman–Crippen MR) is 105 cm³/mol. The Morgan fingerprint density at radius 1 is 1.22 bits per heavy atom. The summed E-state index contributed by atoms with van der Waals surface area (Å²) in [6.07, 6.45) is -3.12. The van der Waals surface area contributed by atoms with Crippen molar-refractivity contribution in [2.75, 3.05) is 13.7 Å². The van der Waals surface area contributed by atoms with Gasteiger partial charge in [0.1, 0.15) is 18.0 Å². The van der Waals surface area contributed by atoms with Gasteiger partial charge in [0.05, 0.1) is 20.3 Å². The van der Waals surface area contributed by atoms with Crippen LogP contribution in [0.1, 0.15) is 33.3 Å². The van der Waals surface area contributed by atoms with Gasteiger partial charge in [-0.05, 0) is 42.8 Å². The van der Waals surface area contributed by atoms with Gasteiger partial charge in [-0.25, -0.2) is 4.39 Å². The lowest BCUT2D eigenvalue weighted by Crippen LogP contribution is -2.47. The third kappa shape index (κ3) is 5.09. The second-order valence-electron chi connectivity index (χ2n) is 8.83. The molecule has 0 amide bonds. The highest BCUT2D eigenvalue weighted by atomic mass is 28.4. The van der Waals surface area contributed by atoms with Gasteiger partial charge >= 0.3 is 0 Å². The Balaban J connectivity index is 2.05. The number of rotatable bonds is 7. The number of benzene rings is 1. The molecule has 1 aromatic carbocycles. The molecule has 1 aliphatic rings. The van der Waals surface area contributed by atoms with Crippen molar-refractivity contribution in [3.8, 4) is 5.75 Å². The van der Waals surface area contributed by atoms with Gasteiger partial charge in [-0.1, -0.05) is 32.9 Å². The summed E-state index contributed by atoms with van der Waals surface area (Å²) in [4.78, 5) is 0. The summed E-state index contributed by atoms with van der Waals surface area (Å²) in [5.41, 5.74) is -1.12. The molecular formula is C20H33FO5Si. The zero-order chi connectivity index (χ0) is 20.5. The highest BCUT2D eigenvalue weighted by molar-refractivity contribution is 6.74. The summed E-state index contributed by atoms with van der Waals surface area (Å²) in [6, 6.07) is 7.38. The Morgan fingerprint density at radius 2 is 1.81 bits per heavy atom. The molecule has 1 aliphatic heterocycles. The first kappa shape index (κ1) is 22.3. The Labute approximate surface area is 162 Å². The molecule has 1 fully saturated rings. The average molecular weight is 401 g/mol. The maximum atomic E-state index is 15.0. The number of halogens is 1. The average Bonchev–Trinajstić information content (AvgIpc) is 2.80. The maximum Gasteiger partial charge on any atom is 0.192 e. The van der Waals surface area contributed by atoms with Crippen LogP contribution in [0.3, 0.4) is 0 Å². The molecule has 4 atom stereocenters. The standard InChI is InChI=1S/C20H33FO5Si/c1-19(2,3)27(6,7)25-13-16-17(20(4,21)18(22)26-16)24-12-14-8-10-15(23-5)11-9-14/h8-11,16-18,22H,12-13H2,1-7H3/t16-,17-,18-,20-/m1/s1. The van der Waals surface area contributed by atoms with Crippen LogP contribution in [0.5, 0.6) is 5.75 Å². The van der Waals surface area contributed by atoms with Crippen molar-refractivity contribution in [1.82, 2.24) is 0 Å². The van der Waals surface area contributed by atoms with Crippen molar-refractivity contribution in [3.05, 3.63) is 29.8 Å². The molecule has 0 aromatic heterocycles. The molecule has 0 saturated carbocycles. The fourth-order valence-corrected chi connectivity index (χ4v) is 3.70. The zero-order valence-electron chi connectivity index (χ0n) is 17.4. The van der Waals surface area contributed by atoms with Crippen molar-refractivity contribution >= 4 is 8.32 Å². The number of aliphatic hydroxyl groups excluding tert-OH is 1. The smallest absolute Gasteiger partial charge is 0.192 e. The third-order valence-corrected chi connectivity index (χ3v) is 10.2. The molecule has 0 aliphatic carbocycles. The van der Waals surface area contributed by atoms with Crippen LogP contribution >= 0.6 is 0 Å². The van der Waals surface area contributed by atoms with E-state index in [-0.39, 0.29) is 18.3 Å². The molecule has 0 radical (unpaired) electrons. The van der Waals surface area contributed by atoms with E-state index in [1.807, 2.05) is 24.3 Å². The highest BCUT2D eigenvalue weighted by Gasteiger charge is 2.55. The van der Waals surface area contributed by atoms with E-state index in [2.05, 4.69) is 33.9 Å². The minimum Gasteiger partial charge on any atom is -0.497 e. The summed E-state index contributed by atoms with van der Waals surface area (Å²) in [5, 5.41) is 10.0. The summed E-state index contributed by atoms with van der Waals surface area (Å²) >= 11 is 0. The normalized spacial score (nSPS) is 29.1. The van der Waals surface area contributed by atoms with E-state index in [9.17, 15) is 5.11 Å². The Hall–Kier alpha value is -0.993. The Morgan fingerprint density at radius 3 is 2.33 bits per heavy atom. The third-order valence-electron chi connectivity index (χ3n) is 5.68. The summed E-state index contributed by atoms with van der Waals surface area (Å²) in [6.45, 7) is 12.4. The molecule has 5 nitrogen and oxygen atoms in total. The molecule has 1 aromatic rings. The molecule has 2 rings (SSSR count). The second kappa shape index (κ2) is 8.17. The van der Waals surface area contributed by atoms with Crippen molar-refractivity contribution in [2.45, 2.75) is 76.6 Å². The van der Waals surface area contributed by atoms with Crippen molar-refractivity contribution in [3.63, 3.8) is 0 Å². The van der Waals surface area contributed by atoms with Crippen LogP contribution in [0.2, 0.25) is 18.1 Å². The fraction of sp³-hybridized carbons (Fsp3) is 0.700. The minimum atomic E-state index is -2.02. The lowest BCUT2D eigenvalue weighted by Gasteiger charge is -2.37. The minimum absolute atomic E-state index is 0.0304. The number of hydrogen-bond donors (Lipinski definition) is 1. The van der Waals surface area contributed by atoms with E-state index in [1.54, 1.807) is 7.11 Å². The number of ether oxygens (including phenoxy) is 3. The Bertz CT molecular complexity index is 612. The molecule has 0 spiro atoms. The van der Waals surface area contributed by atoms with E-state index in [0.717, 1.165) is 11.3 Å². The van der Waals surface area contributed by atoms with Crippen LogP contribution in [0.25, 0.3) is 0 Å². The van der Waals surface area contributed by atoms with E-state index in [4.69, 9.17) is 18.6 Å². The van der Waals surface area contributed by atoms with Gasteiger partial charge in [-0.15, -0.1) is 0 Å². The van der Waals surface area contributed by atoms with Gasteiger partial charge in [-0.3, -0.25) is 0 Å². The SMILES string of the molecule is COc1ccc(CO[C@@H]2[C@@H](CO[Si](C)(C)C(C)(C)C)O[C@@H](O)[C@]2(C)F)cc1. The quantitative estimate of drug-likeness (QED) is 0.700. The van der Waals surface area contributed by atoms with E-state index in [0.29, 0.717) is 0 Å². The molecule has 1 saturated heterocycles. The molecule has 7 heteroatoms. The molecular weight excluding hydrogens is 367 g/mol. The van der Waals surface area contributed by atoms with Crippen LogP contribution < -0.4 is 4.74 Å². The topological polar surface area (TPSA) is 57.2 Å². The van der Waals surface area contributed by atoms with Gasteiger partial charge in [0.15, 0.2) is 20.3 Å². The lowest BCUT2D eigenvalue weighted by molar-refractivity contribution is -0.143. The van der Waals surface area contributed by atoms with Crippen LogP contribution in [0.15, 0.2) is 24.3 Å². The van der Waals surface area contributed by atoms with Crippen molar-refractivity contribution in [1.29, 1.82) is 0 Å².